The number of benzene rings is 2. The van der Waals surface area contributed by atoms with E-state index in [9.17, 15) is 0 Å². The van der Waals surface area contributed by atoms with Gasteiger partial charge in [0.2, 0.25) is 0 Å². The Hall–Kier alpha value is -2.80. The molecule has 0 fully saturated rings. The van der Waals surface area contributed by atoms with Crippen LogP contribution in [0, 0.1) is 18.3 Å². The van der Waals surface area contributed by atoms with Gasteiger partial charge >= 0.3 is 0 Å². The highest BCUT2D eigenvalue weighted by Gasteiger charge is 2.10. The van der Waals surface area contributed by atoms with Crippen molar-refractivity contribution < 1.29 is 4.74 Å². The Morgan fingerprint density at radius 1 is 1.20 bits per heavy atom. The molecule has 98 valence electrons. The molecule has 0 N–H and O–H groups in total. The quantitative estimate of drug-likeness (QED) is 0.713. The molecule has 0 amide bonds. The van der Waals surface area contributed by atoms with Gasteiger partial charge in [-0.05, 0) is 37.3 Å². The highest BCUT2D eigenvalue weighted by molar-refractivity contribution is 5.80. The summed E-state index contributed by atoms with van der Waals surface area (Å²) >= 11 is 0. The number of nitrogens with zero attached hydrogens (tertiary/aromatic N) is 3. The number of imidazole rings is 1. The van der Waals surface area contributed by atoms with E-state index in [-0.39, 0.29) is 0 Å². The summed E-state index contributed by atoms with van der Waals surface area (Å²) in [5.41, 5.74) is 3.45. The molecule has 3 rings (SSSR count). The maximum atomic E-state index is 9.02. The summed E-state index contributed by atoms with van der Waals surface area (Å²) < 4.78 is 7.26. The van der Waals surface area contributed by atoms with Crippen LogP contribution in [0.15, 0.2) is 42.5 Å². The van der Waals surface area contributed by atoms with Crippen molar-refractivity contribution in [3.05, 3.63) is 53.9 Å². The van der Waals surface area contributed by atoms with Crippen molar-refractivity contribution in [1.29, 1.82) is 5.26 Å². The van der Waals surface area contributed by atoms with E-state index in [1.165, 1.54) is 0 Å². The predicted octanol–water partition coefficient (Wildman–Crippen LogP) is 3.21. The lowest BCUT2D eigenvalue weighted by atomic mass is 10.2. The second-order valence-electron chi connectivity index (χ2n) is 4.51. The Balaban J connectivity index is 2.25. The van der Waals surface area contributed by atoms with E-state index in [4.69, 9.17) is 10.00 Å². The lowest BCUT2D eigenvalue weighted by molar-refractivity contribution is 0.415. The lowest BCUT2D eigenvalue weighted by Crippen LogP contribution is -1.97. The highest BCUT2D eigenvalue weighted by Crippen LogP contribution is 2.25. The summed E-state index contributed by atoms with van der Waals surface area (Å²) in [6.07, 6.45) is 0. The number of ether oxygens (including phenoxy) is 1. The topological polar surface area (TPSA) is 50.8 Å². The Kier molecular flexibility index (Phi) is 2.88. The fraction of sp³-hybridized carbons (Fsp3) is 0.125. The molecule has 0 aliphatic carbocycles. The van der Waals surface area contributed by atoms with Gasteiger partial charge in [0.25, 0.3) is 0 Å². The fourth-order valence-electron chi connectivity index (χ4n) is 2.35. The second kappa shape index (κ2) is 4.71. The van der Waals surface area contributed by atoms with Gasteiger partial charge < -0.3 is 4.74 Å². The van der Waals surface area contributed by atoms with E-state index in [0.29, 0.717) is 5.56 Å². The first kappa shape index (κ1) is 12.2. The molecule has 0 aliphatic heterocycles. The van der Waals surface area contributed by atoms with Crippen LogP contribution in [0.1, 0.15) is 11.4 Å². The minimum absolute atomic E-state index is 0.636. The average Bonchev–Trinajstić information content (AvgIpc) is 2.82. The van der Waals surface area contributed by atoms with Crippen molar-refractivity contribution in [1.82, 2.24) is 9.55 Å². The number of hydrogen-bond donors (Lipinski definition) is 0. The summed E-state index contributed by atoms with van der Waals surface area (Å²) in [7, 11) is 1.64. The van der Waals surface area contributed by atoms with E-state index in [1.807, 2.05) is 47.9 Å². The number of fused-ring (bicyclic) bond motifs is 1. The molecule has 3 aromatic rings. The highest BCUT2D eigenvalue weighted by atomic mass is 16.5. The van der Waals surface area contributed by atoms with E-state index >= 15 is 0 Å². The standard InChI is InChI=1S/C16H13N3O/c1-11-18-15-9-14(20-2)6-7-16(15)19(11)13-5-3-4-12(8-13)10-17/h3-9H,1-2H3. The first-order valence-electron chi connectivity index (χ1n) is 6.26. The largest absolute Gasteiger partial charge is 0.497 e. The maximum absolute atomic E-state index is 9.02. The summed E-state index contributed by atoms with van der Waals surface area (Å²) in [4.78, 5) is 4.55. The molecule has 0 unspecified atom stereocenters. The van der Waals surface area contributed by atoms with E-state index < -0.39 is 0 Å². The monoisotopic (exact) mass is 263 g/mol. The molecular formula is C16H13N3O. The summed E-state index contributed by atoms with van der Waals surface area (Å²) in [5.74, 6) is 1.66. The van der Waals surface area contributed by atoms with Gasteiger partial charge in [0, 0.05) is 11.8 Å². The van der Waals surface area contributed by atoms with E-state index in [0.717, 1.165) is 28.3 Å². The Bertz CT molecular complexity index is 827. The van der Waals surface area contributed by atoms with Gasteiger partial charge in [-0.2, -0.15) is 5.26 Å². The lowest BCUT2D eigenvalue weighted by Gasteiger charge is -2.07. The molecular weight excluding hydrogens is 250 g/mol. The Morgan fingerprint density at radius 2 is 2.05 bits per heavy atom. The van der Waals surface area contributed by atoms with Crippen LogP contribution in [0.4, 0.5) is 0 Å². The zero-order valence-corrected chi connectivity index (χ0v) is 11.3. The molecule has 4 heteroatoms. The first-order valence-corrected chi connectivity index (χ1v) is 6.26. The number of hydrogen-bond acceptors (Lipinski definition) is 3. The number of methoxy groups -OCH3 is 1. The molecule has 1 heterocycles. The number of rotatable bonds is 2. The van der Waals surface area contributed by atoms with E-state index in [2.05, 4.69) is 11.1 Å². The van der Waals surface area contributed by atoms with Crippen LogP contribution >= 0.6 is 0 Å². The van der Waals surface area contributed by atoms with Crippen LogP contribution in [0.2, 0.25) is 0 Å². The van der Waals surface area contributed by atoms with Gasteiger partial charge in [-0.25, -0.2) is 4.98 Å². The van der Waals surface area contributed by atoms with Gasteiger partial charge in [0.05, 0.1) is 29.8 Å². The van der Waals surface area contributed by atoms with Crippen LogP contribution in [-0.2, 0) is 0 Å². The molecule has 0 bridgehead atoms. The molecule has 0 atom stereocenters. The van der Waals surface area contributed by atoms with Gasteiger partial charge in [0.15, 0.2) is 0 Å². The zero-order chi connectivity index (χ0) is 14.1. The summed E-state index contributed by atoms with van der Waals surface area (Å²) in [6.45, 7) is 1.95. The Labute approximate surface area is 116 Å². The van der Waals surface area contributed by atoms with Crippen molar-refractivity contribution in [2.75, 3.05) is 7.11 Å². The van der Waals surface area contributed by atoms with Gasteiger partial charge in [-0.3, -0.25) is 4.57 Å². The van der Waals surface area contributed by atoms with Gasteiger partial charge in [-0.15, -0.1) is 0 Å². The number of aromatic nitrogens is 2. The first-order chi connectivity index (χ1) is 9.72. The summed E-state index contributed by atoms with van der Waals surface area (Å²) in [5, 5.41) is 9.02. The van der Waals surface area contributed by atoms with Crippen LogP contribution in [0.25, 0.3) is 16.7 Å². The van der Waals surface area contributed by atoms with E-state index in [1.54, 1.807) is 13.2 Å². The molecule has 2 aromatic carbocycles. The minimum Gasteiger partial charge on any atom is -0.497 e. The zero-order valence-electron chi connectivity index (χ0n) is 11.3. The molecule has 0 aliphatic rings. The molecule has 0 radical (unpaired) electrons. The van der Waals surface area contributed by atoms with Gasteiger partial charge in [-0.1, -0.05) is 6.07 Å². The van der Waals surface area contributed by atoms with Crippen molar-refractivity contribution in [2.24, 2.45) is 0 Å². The van der Waals surface area contributed by atoms with Crippen LogP contribution in [0.5, 0.6) is 5.75 Å². The SMILES string of the molecule is COc1ccc2c(c1)nc(C)n2-c1cccc(C#N)c1. The minimum atomic E-state index is 0.636. The molecule has 0 saturated heterocycles. The molecule has 1 aromatic heterocycles. The van der Waals surface area contributed by atoms with Crippen molar-refractivity contribution in [3.8, 4) is 17.5 Å². The fourth-order valence-corrected chi connectivity index (χ4v) is 2.35. The average molecular weight is 263 g/mol. The van der Waals surface area contributed by atoms with Gasteiger partial charge in [0.1, 0.15) is 11.6 Å². The van der Waals surface area contributed by atoms with Crippen molar-refractivity contribution in [2.45, 2.75) is 6.92 Å². The third kappa shape index (κ3) is 1.90. The third-order valence-electron chi connectivity index (χ3n) is 3.26. The molecule has 0 spiro atoms. The smallest absolute Gasteiger partial charge is 0.121 e. The number of nitriles is 1. The third-order valence-corrected chi connectivity index (χ3v) is 3.26. The molecule has 0 saturated carbocycles. The maximum Gasteiger partial charge on any atom is 0.121 e. The van der Waals surface area contributed by atoms with Crippen LogP contribution in [0.3, 0.4) is 0 Å². The van der Waals surface area contributed by atoms with Crippen LogP contribution in [-0.4, -0.2) is 16.7 Å². The second-order valence-corrected chi connectivity index (χ2v) is 4.51. The number of aryl methyl sites for hydroxylation is 1. The normalized spacial score (nSPS) is 10.4. The van der Waals surface area contributed by atoms with Crippen LogP contribution < -0.4 is 4.74 Å². The summed E-state index contributed by atoms with van der Waals surface area (Å²) in [6, 6.07) is 15.5. The Morgan fingerprint density at radius 3 is 2.80 bits per heavy atom. The van der Waals surface area contributed by atoms with Crippen molar-refractivity contribution in [3.63, 3.8) is 0 Å². The van der Waals surface area contributed by atoms with Crippen molar-refractivity contribution >= 4 is 11.0 Å². The molecule has 20 heavy (non-hydrogen) atoms. The predicted molar refractivity (Wildman–Crippen MR) is 77.1 cm³/mol. The molecule has 4 nitrogen and oxygen atoms in total.